The van der Waals surface area contributed by atoms with Crippen LogP contribution in [0.1, 0.15) is 12.0 Å². The number of hydrazone groups is 1. The van der Waals surface area contributed by atoms with Crippen LogP contribution >= 0.6 is 11.6 Å². The predicted octanol–water partition coefficient (Wildman–Crippen LogP) is 0.943. The van der Waals surface area contributed by atoms with Gasteiger partial charge >= 0.3 is 0 Å². The Balaban J connectivity index is 2.33. The number of halogens is 1. The third-order valence-electron chi connectivity index (χ3n) is 2.25. The summed E-state index contributed by atoms with van der Waals surface area (Å²) in [6.07, 6.45) is 1.13. The number of nitrogens with one attached hydrogen (secondary N) is 2. The summed E-state index contributed by atoms with van der Waals surface area (Å²) in [6.45, 7) is 0.767. The fraction of sp³-hybridized carbons (Fsp3) is 0.308. The van der Waals surface area contributed by atoms with E-state index in [2.05, 4.69) is 15.8 Å². The molecule has 0 unspecified atom stereocenters. The first-order valence-electron chi connectivity index (χ1n) is 5.95. The van der Waals surface area contributed by atoms with Crippen LogP contribution in [0.4, 0.5) is 0 Å². The van der Waals surface area contributed by atoms with Crippen LogP contribution in [-0.2, 0) is 14.3 Å². The average Bonchev–Trinajstić information content (AvgIpc) is 2.41. The second-order valence-electron chi connectivity index (χ2n) is 3.83. The van der Waals surface area contributed by atoms with Crippen molar-refractivity contribution in [2.24, 2.45) is 5.10 Å². The van der Waals surface area contributed by atoms with E-state index in [-0.39, 0.29) is 12.3 Å². The molecule has 0 fully saturated rings. The summed E-state index contributed by atoms with van der Waals surface area (Å²) in [5.41, 5.74) is 2.94. The highest BCUT2D eigenvalue weighted by Crippen LogP contribution is 2.11. The Morgan fingerprint density at radius 1 is 1.35 bits per heavy atom. The van der Waals surface area contributed by atoms with Gasteiger partial charge in [-0.05, 0) is 6.07 Å². The van der Waals surface area contributed by atoms with Gasteiger partial charge in [-0.3, -0.25) is 9.59 Å². The Morgan fingerprint density at radius 2 is 2.10 bits per heavy atom. The molecule has 0 bridgehead atoms. The van der Waals surface area contributed by atoms with Crippen LogP contribution in [-0.4, -0.2) is 38.3 Å². The summed E-state index contributed by atoms with van der Waals surface area (Å²) in [4.78, 5) is 22.7. The molecule has 1 rings (SSSR count). The number of carbonyl (C=O) groups is 2. The molecule has 0 saturated carbocycles. The zero-order valence-electron chi connectivity index (χ0n) is 11.1. The van der Waals surface area contributed by atoms with Crippen LogP contribution in [0.3, 0.4) is 0 Å². The van der Waals surface area contributed by atoms with Crippen LogP contribution in [0, 0.1) is 0 Å². The summed E-state index contributed by atoms with van der Waals surface area (Å²) in [6, 6.07) is 7.07. The Bertz CT molecular complexity index is 492. The predicted molar refractivity (Wildman–Crippen MR) is 76.7 cm³/mol. The fourth-order valence-electron chi connectivity index (χ4n) is 1.29. The van der Waals surface area contributed by atoms with Gasteiger partial charge in [0.2, 0.25) is 11.8 Å². The second kappa shape index (κ2) is 9.06. The lowest BCUT2D eigenvalue weighted by molar-refractivity contribution is -0.129. The zero-order chi connectivity index (χ0) is 14.8. The summed E-state index contributed by atoms with van der Waals surface area (Å²) in [5.74, 6) is -0.879. The second-order valence-corrected chi connectivity index (χ2v) is 4.24. The van der Waals surface area contributed by atoms with Crippen molar-refractivity contribution < 1.29 is 14.3 Å². The van der Waals surface area contributed by atoms with Crippen molar-refractivity contribution in [1.82, 2.24) is 10.7 Å². The molecule has 0 saturated heterocycles. The number of carbonyl (C=O) groups excluding carboxylic acids is 2. The molecule has 7 heteroatoms. The third kappa shape index (κ3) is 6.31. The molecular weight excluding hydrogens is 282 g/mol. The molecule has 2 N–H and O–H groups in total. The van der Waals surface area contributed by atoms with Gasteiger partial charge in [0.1, 0.15) is 6.42 Å². The zero-order valence-corrected chi connectivity index (χ0v) is 11.8. The van der Waals surface area contributed by atoms with E-state index in [9.17, 15) is 9.59 Å². The molecule has 0 aliphatic rings. The average molecular weight is 298 g/mol. The van der Waals surface area contributed by atoms with Gasteiger partial charge in [0, 0.05) is 24.2 Å². The van der Waals surface area contributed by atoms with Crippen molar-refractivity contribution in [3.63, 3.8) is 0 Å². The van der Waals surface area contributed by atoms with Crippen LogP contribution < -0.4 is 10.7 Å². The summed E-state index contributed by atoms with van der Waals surface area (Å²) in [5, 5.41) is 6.80. The first-order valence-corrected chi connectivity index (χ1v) is 6.33. The van der Waals surface area contributed by atoms with Crippen molar-refractivity contribution in [1.29, 1.82) is 0 Å². The first kappa shape index (κ1) is 16.1. The molecule has 6 nitrogen and oxygen atoms in total. The number of methoxy groups -OCH3 is 1. The van der Waals surface area contributed by atoms with Gasteiger partial charge in [0.05, 0.1) is 12.8 Å². The summed E-state index contributed by atoms with van der Waals surface area (Å²) < 4.78 is 4.77. The van der Waals surface area contributed by atoms with Gasteiger partial charge in [-0.2, -0.15) is 5.10 Å². The van der Waals surface area contributed by atoms with E-state index < -0.39 is 5.91 Å². The number of hydrogen-bond donors (Lipinski definition) is 2. The first-order chi connectivity index (χ1) is 9.63. The fourth-order valence-corrected chi connectivity index (χ4v) is 1.48. The van der Waals surface area contributed by atoms with Crippen LogP contribution in [0.5, 0.6) is 0 Å². The maximum Gasteiger partial charge on any atom is 0.249 e. The number of ether oxygens (including phenoxy) is 1. The molecule has 1 aromatic carbocycles. The number of hydrogen-bond acceptors (Lipinski definition) is 4. The highest BCUT2D eigenvalue weighted by molar-refractivity contribution is 6.33. The molecule has 2 amide bonds. The monoisotopic (exact) mass is 297 g/mol. The lowest BCUT2D eigenvalue weighted by Gasteiger charge is -2.03. The number of amides is 2. The highest BCUT2D eigenvalue weighted by Gasteiger charge is 2.07. The van der Waals surface area contributed by atoms with E-state index in [0.29, 0.717) is 23.7 Å². The minimum Gasteiger partial charge on any atom is -0.383 e. The van der Waals surface area contributed by atoms with Gasteiger partial charge in [-0.1, -0.05) is 29.8 Å². The van der Waals surface area contributed by atoms with Crippen molar-refractivity contribution >= 4 is 29.6 Å². The molecule has 0 spiro atoms. The normalized spacial score (nSPS) is 10.5. The lowest BCUT2D eigenvalue weighted by Crippen LogP contribution is -2.31. The molecule has 0 radical (unpaired) electrons. The van der Waals surface area contributed by atoms with Crippen molar-refractivity contribution in [3.8, 4) is 0 Å². The standard InChI is InChI=1S/C13H16ClN3O3/c1-20-7-6-15-12(18)8-13(19)17-16-9-10-4-2-3-5-11(10)14/h2-5,9H,6-8H2,1H3,(H,15,18)(H,17,19)/b16-9-. The minimum atomic E-state index is -0.497. The van der Waals surface area contributed by atoms with Gasteiger partial charge in [0.25, 0.3) is 0 Å². The Hall–Kier alpha value is -1.92. The van der Waals surface area contributed by atoms with E-state index >= 15 is 0 Å². The minimum absolute atomic E-state index is 0.288. The topological polar surface area (TPSA) is 79.8 Å². The Morgan fingerprint density at radius 3 is 2.80 bits per heavy atom. The van der Waals surface area contributed by atoms with Crippen molar-refractivity contribution in [2.75, 3.05) is 20.3 Å². The quantitative estimate of drug-likeness (QED) is 0.340. The Labute approximate surface area is 122 Å². The smallest absolute Gasteiger partial charge is 0.249 e. The van der Waals surface area contributed by atoms with E-state index in [1.807, 2.05) is 0 Å². The lowest BCUT2D eigenvalue weighted by atomic mass is 10.2. The molecule has 0 heterocycles. The van der Waals surface area contributed by atoms with E-state index in [1.54, 1.807) is 24.3 Å². The SMILES string of the molecule is COCCNC(=O)CC(=O)N/N=C\c1ccccc1Cl. The molecule has 108 valence electrons. The Kier molecular flexibility index (Phi) is 7.31. The van der Waals surface area contributed by atoms with E-state index in [0.717, 1.165) is 0 Å². The van der Waals surface area contributed by atoms with Crippen LogP contribution in [0.25, 0.3) is 0 Å². The third-order valence-corrected chi connectivity index (χ3v) is 2.59. The molecule has 0 atom stereocenters. The number of nitrogens with zero attached hydrogens (tertiary/aromatic N) is 1. The van der Waals surface area contributed by atoms with Gasteiger partial charge in [-0.15, -0.1) is 0 Å². The van der Waals surface area contributed by atoms with E-state index in [4.69, 9.17) is 16.3 Å². The van der Waals surface area contributed by atoms with Gasteiger partial charge in [0.15, 0.2) is 0 Å². The summed E-state index contributed by atoms with van der Waals surface area (Å²) in [7, 11) is 1.53. The maximum atomic E-state index is 11.4. The summed E-state index contributed by atoms with van der Waals surface area (Å²) >= 11 is 5.91. The molecular formula is C13H16ClN3O3. The van der Waals surface area contributed by atoms with E-state index in [1.165, 1.54) is 13.3 Å². The van der Waals surface area contributed by atoms with Crippen molar-refractivity contribution in [2.45, 2.75) is 6.42 Å². The highest BCUT2D eigenvalue weighted by atomic mass is 35.5. The maximum absolute atomic E-state index is 11.4. The van der Waals surface area contributed by atoms with Crippen molar-refractivity contribution in [3.05, 3.63) is 34.9 Å². The number of rotatable bonds is 7. The molecule has 0 aliphatic carbocycles. The molecule has 0 aliphatic heterocycles. The molecule has 0 aromatic heterocycles. The van der Waals surface area contributed by atoms with Crippen LogP contribution in [0.2, 0.25) is 5.02 Å². The molecule has 1 aromatic rings. The van der Waals surface area contributed by atoms with Gasteiger partial charge in [-0.25, -0.2) is 5.43 Å². The number of benzene rings is 1. The van der Waals surface area contributed by atoms with Gasteiger partial charge < -0.3 is 10.1 Å². The largest absolute Gasteiger partial charge is 0.383 e. The molecule has 20 heavy (non-hydrogen) atoms. The van der Waals surface area contributed by atoms with Crippen LogP contribution in [0.15, 0.2) is 29.4 Å².